The first kappa shape index (κ1) is 18.9. The van der Waals surface area contributed by atoms with E-state index in [1.807, 2.05) is 0 Å². The lowest BCUT2D eigenvalue weighted by Crippen LogP contribution is -2.66. The van der Waals surface area contributed by atoms with Crippen LogP contribution in [0.3, 0.4) is 0 Å². The van der Waals surface area contributed by atoms with Gasteiger partial charge in [0.15, 0.2) is 0 Å². The lowest BCUT2D eigenvalue weighted by molar-refractivity contribution is -0.422. The van der Waals surface area contributed by atoms with Crippen LogP contribution in [0.2, 0.25) is 0 Å². The molecule has 0 fully saturated rings. The standard InChI is InChI=1S/C8H5F11O/c9-4(10,2-1-3-20)5(11,12)6(13,14)7(15,16)8(17,18)19/h3H,1-2H2. The maximum atomic E-state index is 12.7. The highest BCUT2D eigenvalue weighted by atomic mass is 19.4. The summed E-state index contributed by atoms with van der Waals surface area (Å²) in [7, 11) is 0. The number of carbonyl (C=O) groups is 1. The second kappa shape index (κ2) is 5.02. The Morgan fingerprint density at radius 2 is 1.05 bits per heavy atom. The average molecular weight is 326 g/mol. The molecule has 120 valence electrons. The summed E-state index contributed by atoms with van der Waals surface area (Å²) in [6.45, 7) is 0. The van der Waals surface area contributed by atoms with E-state index in [0.29, 0.717) is 0 Å². The molecule has 0 unspecified atom stereocenters. The molecule has 0 radical (unpaired) electrons. The Balaban J connectivity index is 5.73. The molecule has 0 aromatic rings. The van der Waals surface area contributed by atoms with Gasteiger partial charge < -0.3 is 4.79 Å². The second-order valence-corrected chi connectivity index (χ2v) is 3.63. The molecule has 0 aliphatic carbocycles. The molecule has 0 aliphatic rings. The summed E-state index contributed by atoms with van der Waals surface area (Å²) >= 11 is 0. The summed E-state index contributed by atoms with van der Waals surface area (Å²) in [6.07, 6.45) is -11.3. The van der Waals surface area contributed by atoms with Crippen LogP contribution in [0.4, 0.5) is 48.3 Å². The van der Waals surface area contributed by atoms with Crippen LogP contribution in [0.1, 0.15) is 12.8 Å². The number of halogens is 11. The van der Waals surface area contributed by atoms with Gasteiger partial charge in [-0.2, -0.15) is 48.3 Å². The predicted molar refractivity (Wildman–Crippen MR) is 41.1 cm³/mol. The maximum absolute atomic E-state index is 12.7. The van der Waals surface area contributed by atoms with Crippen LogP contribution in [0.15, 0.2) is 0 Å². The highest BCUT2D eigenvalue weighted by Crippen LogP contribution is 2.57. The van der Waals surface area contributed by atoms with Crippen molar-refractivity contribution in [2.75, 3.05) is 0 Å². The minimum Gasteiger partial charge on any atom is -0.303 e. The number of alkyl halides is 11. The van der Waals surface area contributed by atoms with Gasteiger partial charge in [0.2, 0.25) is 0 Å². The molecule has 0 N–H and O–H groups in total. The highest BCUT2D eigenvalue weighted by Gasteiger charge is 2.86. The van der Waals surface area contributed by atoms with E-state index >= 15 is 0 Å². The number of carbonyl (C=O) groups excluding carboxylic acids is 1. The molecule has 0 aromatic heterocycles. The Bertz CT molecular complexity index is 356. The van der Waals surface area contributed by atoms with E-state index in [0.717, 1.165) is 0 Å². The molecule has 12 heteroatoms. The third-order valence-electron chi connectivity index (χ3n) is 2.18. The van der Waals surface area contributed by atoms with Crippen LogP contribution in [0, 0.1) is 0 Å². The van der Waals surface area contributed by atoms with E-state index < -0.39 is 49.0 Å². The van der Waals surface area contributed by atoms with E-state index in [9.17, 15) is 53.1 Å². The van der Waals surface area contributed by atoms with Crippen molar-refractivity contribution < 1.29 is 53.1 Å². The topological polar surface area (TPSA) is 17.1 Å². The van der Waals surface area contributed by atoms with E-state index in [1.54, 1.807) is 0 Å². The van der Waals surface area contributed by atoms with Gasteiger partial charge in [0.1, 0.15) is 6.29 Å². The predicted octanol–water partition coefficient (Wildman–Crippen LogP) is 4.07. The molecule has 0 atom stereocenters. The lowest BCUT2D eigenvalue weighted by atomic mass is 9.95. The third kappa shape index (κ3) is 2.68. The zero-order chi connectivity index (χ0) is 16.6. The zero-order valence-corrected chi connectivity index (χ0v) is 9.06. The van der Waals surface area contributed by atoms with Gasteiger partial charge in [-0.25, -0.2) is 0 Å². The van der Waals surface area contributed by atoms with Crippen molar-refractivity contribution in [2.45, 2.75) is 42.7 Å². The fourth-order valence-corrected chi connectivity index (χ4v) is 1.00. The van der Waals surface area contributed by atoms with Crippen molar-refractivity contribution in [2.24, 2.45) is 0 Å². The van der Waals surface area contributed by atoms with Gasteiger partial charge in [-0.1, -0.05) is 0 Å². The highest BCUT2D eigenvalue weighted by molar-refractivity contribution is 5.49. The Hall–Kier alpha value is -1.10. The van der Waals surface area contributed by atoms with Crippen molar-refractivity contribution in [3.63, 3.8) is 0 Å². The molecule has 0 saturated heterocycles. The summed E-state index contributed by atoms with van der Waals surface area (Å²) in [4.78, 5) is 9.69. The van der Waals surface area contributed by atoms with Gasteiger partial charge in [0, 0.05) is 12.8 Å². The second-order valence-electron chi connectivity index (χ2n) is 3.63. The number of aldehydes is 1. The van der Waals surface area contributed by atoms with Crippen LogP contribution in [0.25, 0.3) is 0 Å². The number of rotatable bonds is 6. The van der Waals surface area contributed by atoms with Crippen LogP contribution in [-0.4, -0.2) is 36.2 Å². The van der Waals surface area contributed by atoms with E-state index in [2.05, 4.69) is 0 Å². The Morgan fingerprint density at radius 1 is 0.650 bits per heavy atom. The molecule has 0 heterocycles. The molecule has 0 rings (SSSR count). The summed E-state index contributed by atoms with van der Waals surface area (Å²) in [5.74, 6) is -27.7. The van der Waals surface area contributed by atoms with Gasteiger partial charge >= 0.3 is 29.9 Å². The molecule has 0 aromatic carbocycles. The summed E-state index contributed by atoms with van der Waals surface area (Å²) in [6, 6.07) is 0. The molecular weight excluding hydrogens is 321 g/mol. The average Bonchev–Trinajstić information content (AvgIpc) is 2.24. The minimum atomic E-state index is -7.40. The largest absolute Gasteiger partial charge is 0.460 e. The molecule has 0 aliphatic heterocycles. The summed E-state index contributed by atoms with van der Waals surface area (Å²) in [5.41, 5.74) is 0. The smallest absolute Gasteiger partial charge is 0.303 e. The van der Waals surface area contributed by atoms with Crippen molar-refractivity contribution in [1.82, 2.24) is 0 Å². The van der Waals surface area contributed by atoms with Gasteiger partial charge in [-0.15, -0.1) is 0 Å². The molecule has 0 amide bonds. The van der Waals surface area contributed by atoms with Crippen molar-refractivity contribution in [3.05, 3.63) is 0 Å². The Kier molecular flexibility index (Phi) is 4.75. The van der Waals surface area contributed by atoms with Crippen molar-refractivity contribution in [1.29, 1.82) is 0 Å². The Morgan fingerprint density at radius 3 is 1.35 bits per heavy atom. The quantitative estimate of drug-likeness (QED) is 0.531. The van der Waals surface area contributed by atoms with E-state index in [1.165, 1.54) is 0 Å². The van der Waals surface area contributed by atoms with Crippen molar-refractivity contribution >= 4 is 6.29 Å². The third-order valence-corrected chi connectivity index (χ3v) is 2.18. The fourth-order valence-electron chi connectivity index (χ4n) is 1.00. The summed E-state index contributed by atoms with van der Waals surface area (Å²) in [5, 5.41) is 0. The van der Waals surface area contributed by atoms with Crippen LogP contribution in [0.5, 0.6) is 0 Å². The minimum absolute atomic E-state index is 0.413. The first-order chi connectivity index (χ1) is 8.56. The molecule has 0 saturated carbocycles. The zero-order valence-electron chi connectivity index (χ0n) is 9.06. The van der Waals surface area contributed by atoms with Gasteiger partial charge in [0.25, 0.3) is 0 Å². The van der Waals surface area contributed by atoms with Gasteiger partial charge in [0.05, 0.1) is 0 Å². The van der Waals surface area contributed by atoms with E-state index in [-0.39, 0.29) is 0 Å². The van der Waals surface area contributed by atoms with Gasteiger partial charge in [-0.3, -0.25) is 0 Å². The first-order valence-corrected chi connectivity index (χ1v) is 4.58. The van der Waals surface area contributed by atoms with Gasteiger partial charge in [-0.05, 0) is 0 Å². The first-order valence-electron chi connectivity index (χ1n) is 4.58. The molecule has 0 bridgehead atoms. The van der Waals surface area contributed by atoms with Crippen LogP contribution in [-0.2, 0) is 4.79 Å². The molecule has 20 heavy (non-hydrogen) atoms. The number of hydrogen-bond donors (Lipinski definition) is 0. The maximum Gasteiger partial charge on any atom is 0.460 e. The SMILES string of the molecule is O=CCCC(F)(F)C(F)(F)C(F)(F)C(F)(F)C(F)(F)F. The van der Waals surface area contributed by atoms with Crippen LogP contribution >= 0.6 is 0 Å². The van der Waals surface area contributed by atoms with Crippen LogP contribution < -0.4 is 0 Å². The summed E-state index contributed by atoms with van der Waals surface area (Å²) < 4.78 is 136. The monoisotopic (exact) mass is 326 g/mol. The normalized spacial score (nSPS) is 15.3. The number of hydrogen-bond acceptors (Lipinski definition) is 1. The molecule has 0 spiro atoms. The van der Waals surface area contributed by atoms with Crippen molar-refractivity contribution in [3.8, 4) is 0 Å². The fraction of sp³-hybridized carbons (Fsp3) is 0.875. The Labute approximate surface area is 103 Å². The molecule has 1 nitrogen and oxygen atoms in total. The lowest BCUT2D eigenvalue weighted by Gasteiger charge is -2.37. The molecular formula is C8H5F11O. The van der Waals surface area contributed by atoms with E-state index in [4.69, 9.17) is 0 Å².